The van der Waals surface area contributed by atoms with Gasteiger partial charge < -0.3 is 43.2 Å². The number of hydrogen-bond acceptors (Lipinski definition) is 10. The molecule has 11 nitrogen and oxygen atoms in total. The third kappa shape index (κ3) is 20.8. The van der Waals surface area contributed by atoms with Crippen LogP contribution in [0.15, 0.2) is 43.0 Å². The van der Waals surface area contributed by atoms with Crippen molar-refractivity contribution in [3.63, 3.8) is 0 Å². The number of amides is 1. The van der Waals surface area contributed by atoms with Gasteiger partial charge in [-0.15, -0.1) is 0 Å². The van der Waals surface area contributed by atoms with Crippen molar-refractivity contribution in [2.75, 3.05) is 92.4 Å². The van der Waals surface area contributed by atoms with Crippen LogP contribution in [0.25, 0.3) is 0 Å². The predicted octanol–water partition coefficient (Wildman–Crippen LogP) is 1.74. The van der Waals surface area contributed by atoms with Gasteiger partial charge in [0, 0.05) is 12.6 Å². The van der Waals surface area contributed by atoms with Gasteiger partial charge in [0.05, 0.1) is 79.3 Å². The van der Waals surface area contributed by atoms with Crippen molar-refractivity contribution in [3.05, 3.63) is 48.6 Å². The SMILES string of the molecule is C=CC(=O)OCCOCCOCCOCCOCCOCCOCCNC(=O)OCc1ccccc1. The van der Waals surface area contributed by atoms with Crippen molar-refractivity contribution in [2.24, 2.45) is 0 Å². The number of alkyl carbamates (subject to hydrolysis) is 1. The number of esters is 1. The Morgan fingerprint density at radius 2 is 1.08 bits per heavy atom. The molecule has 0 aromatic heterocycles. The molecule has 0 saturated carbocycles. The Balaban J connectivity index is 1.70. The summed E-state index contributed by atoms with van der Waals surface area (Å²) in [7, 11) is 0. The maximum Gasteiger partial charge on any atom is 0.407 e. The van der Waals surface area contributed by atoms with Gasteiger partial charge in [0.15, 0.2) is 0 Å². The molecule has 204 valence electrons. The molecule has 0 saturated heterocycles. The molecule has 0 atom stereocenters. The zero-order valence-electron chi connectivity index (χ0n) is 20.9. The van der Waals surface area contributed by atoms with Crippen molar-refractivity contribution in [1.82, 2.24) is 5.32 Å². The van der Waals surface area contributed by atoms with Gasteiger partial charge in [-0.05, 0) is 5.56 Å². The minimum absolute atomic E-state index is 0.195. The maximum absolute atomic E-state index is 11.6. The minimum Gasteiger partial charge on any atom is -0.460 e. The topological polar surface area (TPSA) is 120 Å². The molecular formula is C25H39NO10. The van der Waals surface area contributed by atoms with Crippen LogP contribution < -0.4 is 5.32 Å². The quantitative estimate of drug-likeness (QED) is 0.124. The molecule has 0 aliphatic heterocycles. The van der Waals surface area contributed by atoms with E-state index in [1.54, 1.807) is 0 Å². The highest BCUT2D eigenvalue weighted by Crippen LogP contribution is 2.00. The predicted molar refractivity (Wildman–Crippen MR) is 131 cm³/mol. The molecule has 0 fully saturated rings. The average molecular weight is 514 g/mol. The Morgan fingerprint density at radius 3 is 1.56 bits per heavy atom. The van der Waals surface area contributed by atoms with E-state index in [-0.39, 0.29) is 13.2 Å². The lowest BCUT2D eigenvalue weighted by molar-refractivity contribution is -0.139. The molecule has 36 heavy (non-hydrogen) atoms. The Kier molecular flexibility index (Phi) is 21.1. The summed E-state index contributed by atoms with van der Waals surface area (Å²) in [4.78, 5) is 22.4. The van der Waals surface area contributed by atoms with Crippen molar-refractivity contribution < 1.29 is 47.5 Å². The Labute approximate surface area is 212 Å². The first-order chi connectivity index (χ1) is 17.7. The van der Waals surface area contributed by atoms with Crippen molar-refractivity contribution in [2.45, 2.75) is 6.61 Å². The number of hydrogen-bond donors (Lipinski definition) is 1. The van der Waals surface area contributed by atoms with E-state index >= 15 is 0 Å². The van der Waals surface area contributed by atoms with Crippen LogP contribution >= 0.6 is 0 Å². The van der Waals surface area contributed by atoms with Crippen LogP contribution in [0.3, 0.4) is 0 Å². The number of rotatable bonds is 24. The third-order valence-electron chi connectivity index (χ3n) is 4.23. The van der Waals surface area contributed by atoms with E-state index in [1.807, 2.05) is 30.3 Å². The van der Waals surface area contributed by atoms with E-state index < -0.39 is 12.1 Å². The normalized spacial score (nSPS) is 10.7. The minimum atomic E-state index is -0.473. The van der Waals surface area contributed by atoms with Crippen LogP contribution in [0.2, 0.25) is 0 Å². The van der Waals surface area contributed by atoms with Crippen molar-refractivity contribution in [1.29, 1.82) is 0 Å². The molecular weight excluding hydrogens is 474 g/mol. The molecule has 1 rings (SSSR count). The lowest BCUT2D eigenvalue weighted by Gasteiger charge is -2.09. The highest BCUT2D eigenvalue weighted by molar-refractivity contribution is 5.81. The van der Waals surface area contributed by atoms with Gasteiger partial charge in [0.25, 0.3) is 0 Å². The summed E-state index contributed by atoms with van der Waals surface area (Å²) in [6, 6.07) is 9.48. The molecule has 11 heteroatoms. The van der Waals surface area contributed by atoms with Gasteiger partial charge in [-0.2, -0.15) is 0 Å². The van der Waals surface area contributed by atoms with E-state index in [4.69, 9.17) is 37.9 Å². The molecule has 1 N–H and O–H groups in total. The lowest BCUT2D eigenvalue weighted by Crippen LogP contribution is -2.28. The molecule has 1 aromatic rings. The number of benzene rings is 1. The van der Waals surface area contributed by atoms with Crippen molar-refractivity contribution in [3.8, 4) is 0 Å². The zero-order valence-corrected chi connectivity index (χ0v) is 20.9. The molecule has 1 aromatic carbocycles. The van der Waals surface area contributed by atoms with E-state index in [1.165, 1.54) is 0 Å². The monoisotopic (exact) mass is 513 g/mol. The smallest absolute Gasteiger partial charge is 0.407 e. The van der Waals surface area contributed by atoms with Crippen molar-refractivity contribution >= 4 is 12.1 Å². The van der Waals surface area contributed by atoms with Crippen LogP contribution in [0.5, 0.6) is 0 Å². The molecule has 0 spiro atoms. The molecule has 0 radical (unpaired) electrons. The summed E-state index contributed by atoms with van der Waals surface area (Å²) in [5, 5.41) is 2.63. The molecule has 0 aliphatic carbocycles. The fraction of sp³-hybridized carbons (Fsp3) is 0.600. The number of ether oxygens (including phenoxy) is 8. The lowest BCUT2D eigenvalue weighted by atomic mass is 10.2. The summed E-state index contributed by atoms with van der Waals surface area (Å²) in [5.74, 6) is -0.463. The van der Waals surface area contributed by atoms with E-state index in [9.17, 15) is 9.59 Å². The fourth-order valence-electron chi connectivity index (χ4n) is 2.46. The number of carbonyl (C=O) groups excluding carboxylic acids is 2. The molecule has 1 amide bonds. The van der Waals surface area contributed by atoms with E-state index in [0.717, 1.165) is 11.6 Å². The molecule has 0 aliphatic rings. The second-order valence-corrected chi connectivity index (χ2v) is 7.03. The standard InChI is InChI=1S/C25H39NO10/c1-2-24(27)35-21-20-34-19-18-33-17-16-32-15-14-31-13-12-30-11-10-29-9-8-26-25(28)36-22-23-6-4-3-5-7-23/h2-7H,1,8-22H2,(H,26,28). The van der Waals surface area contributed by atoms with Gasteiger partial charge >= 0.3 is 12.1 Å². The third-order valence-corrected chi connectivity index (χ3v) is 4.23. The summed E-state index contributed by atoms with van der Waals surface area (Å²) in [6.45, 7) is 9.32. The van der Waals surface area contributed by atoms with Gasteiger partial charge in [-0.1, -0.05) is 36.9 Å². The Hall–Kier alpha value is -2.54. The second-order valence-electron chi connectivity index (χ2n) is 7.03. The highest BCUT2D eigenvalue weighted by Gasteiger charge is 2.01. The highest BCUT2D eigenvalue weighted by atomic mass is 16.6. The summed E-state index contributed by atoms with van der Waals surface area (Å²) in [5.41, 5.74) is 0.935. The zero-order chi connectivity index (χ0) is 25.9. The first-order valence-corrected chi connectivity index (χ1v) is 11.9. The van der Waals surface area contributed by atoms with Gasteiger partial charge in [0.1, 0.15) is 13.2 Å². The fourth-order valence-corrected chi connectivity index (χ4v) is 2.46. The van der Waals surface area contributed by atoms with Crippen LogP contribution in [0, 0.1) is 0 Å². The van der Waals surface area contributed by atoms with Crippen LogP contribution in [0.4, 0.5) is 4.79 Å². The molecule has 0 unspecified atom stereocenters. The first-order valence-electron chi connectivity index (χ1n) is 11.9. The summed E-state index contributed by atoms with van der Waals surface area (Å²) >= 11 is 0. The second kappa shape index (κ2) is 24.2. The number of carbonyl (C=O) groups is 2. The molecule has 0 bridgehead atoms. The van der Waals surface area contributed by atoms with E-state index in [0.29, 0.717) is 85.8 Å². The average Bonchev–Trinajstić information content (AvgIpc) is 2.90. The van der Waals surface area contributed by atoms with Gasteiger partial charge in [-0.25, -0.2) is 9.59 Å². The van der Waals surface area contributed by atoms with Crippen LogP contribution in [0.1, 0.15) is 5.56 Å². The van der Waals surface area contributed by atoms with Gasteiger partial charge in [-0.3, -0.25) is 0 Å². The summed E-state index contributed by atoms with van der Waals surface area (Å²) < 4.78 is 42.1. The van der Waals surface area contributed by atoms with E-state index in [2.05, 4.69) is 11.9 Å². The maximum atomic E-state index is 11.6. The molecule has 0 heterocycles. The first kappa shape index (κ1) is 31.5. The Bertz CT molecular complexity index is 674. The number of nitrogens with one attached hydrogen (secondary N) is 1. The van der Waals surface area contributed by atoms with Crippen LogP contribution in [-0.4, -0.2) is 104 Å². The Morgan fingerprint density at radius 1 is 0.639 bits per heavy atom. The van der Waals surface area contributed by atoms with Crippen LogP contribution in [-0.2, 0) is 49.3 Å². The van der Waals surface area contributed by atoms with Gasteiger partial charge in [0.2, 0.25) is 0 Å². The largest absolute Gasteiger partial charge is 0.460 e. The summed E-state index contributed by atoms with van der Waals surface area (Å²) in [6.07, 6.45) is 0.636.